The Bertz CT molecular complexity index is 959. The number of nitrogens with one attached hydrogen (secondary N) is 1. The van der Waals surface area contributed by atoms with Gasteiger partial charge in [-0.3, -0.25) is 4.99 Å². The second kappa shape index (κ2) is 8.06. The molecular formula is C22H30N6O. The predicted molar refractivity (Wildman–Crippen MR) is 117 cm³/mol. The van der Waals surface area contributed by atoms with E-state index in [0.717, 1.165) is 23.3 Å². The standard InChI is InChI=1S/C22H30N6O/c1-6-19(26-20-10-18-17(11-24-20)25-12-28(18)13(2)3)27-22(23-4)16-9-14-7-8-15(16)21(14)29-5/h6,10-16,21H,1,7-9H2,2-5H3,(H,23,24,26,27). The number of pyridine rings is 1. The number of fused-ring (bicyclic) bond motifs is 3. The number of hydrogen-bond acceptors (Lipinski definition) is 5. The van der Waals surface area contributed by atoms with Crippen LogP contribution in [-0.4, -0.2) is 46.5 Å². The van der Waals surface area contributed by atoms with E-state index < -0.39 is 0 Å². The van der Waals surface area contributed by atoms with Crippen LogP contribution in [0.3, 0.4) is 0 Å². The summed E-state index contributed by atoms with van der Waals surface area (Å²) < 4.78 is 7.88. The number of aliphatic imine (C=N–C) groups is 2. The number of aromatic nitrogens is 3. The molecule has 0 aliphatic heterocycles. The first-order chi connectivity index (χ1) is 14.0. The molecule has 2 aliphatic carbocycles. The molecule has 2 aromatic rings. The second-order valence-electron chi connectivity index (χ2n) is 8.26. The highest BCUT2D eigenvalue weighted by Gasteiger charge is 2.50. The van der Waals surface area contributed by atoms with Gasteiger partial charge in [0, 0.05) is 32.2 Å². The minimum Gasteiger partial charge on any atom is -0.381 e. The van der Waals surface area contributed by atoms with Crippen molar-refractivity contribution in [2.75, 3.05) is 14.2 Å². The van der Waals surface area contributed by atoms with Crippen LogP contribution in [0.1, 0.15) is 39.2 Å². The quantitative estimate of drug-likeness (QED) is 0.616. The lowest BCUT2D eigenvalue weighted by Crippen LogP contribution is -2.38. The van der Waals surface area contributed by atoms with Crippen molar-refractivity contribution < 1.29 is 4.74 Å². The van der Waals surface area contributed by atoms with Crippen molar-refractivity contribution in [2.45, 2.75) is 45.3 Å². The van der Waals surface area contributed by atoms with Crippen molar-refractivity contribution in [3.05, 3.63) is 31.2 Å². The van der Waals surface area contributed by atoms with Gasteiger partial charge in [0.05, 0.1) is 24.1 Å². The number of imidazole rings is 1. The van der Waals surface area contributed by atoms with Gasteiger partial charge in [-0.25, -0.2) is 15.0 Å². The van der Waals surface area contributed by atoms with Crippen LogP contribution < -0.4 is 5.32 Å². The van der Waals surface area contributed by atoms with Gasteiger partial charge in [0.15, 0.2) is 5.82 Å². The Morgan fingerprint density at radius 1 is 1.38 bits per heavy atom. The van der Waals surface area contributed by atoms with Gasteiger partial charge in [-0.2, -0.15) is 0 Å². The minimum absolute atomic E-state index is 0.321. The zero-order valence-corrected chi connectivity index (χ0v) is 17.7. The Labute approximate surface area is 172 Å². The van der Waals surface area contributed by atoms with Crippen LogP contribution in [0.5, 0.6) is 0 Å². The molecule has 2 aromatic heterocycles. The minimum atomic E-state index is 0.321. The SMILES string of the molecule is C=CC(=Nc1cc2c(cn1)ncn2C(C)C)NC(=NC)C1CC2CCC1C2OC. The monoisotopic (exact) mass is 394 g/mol. The van der Waals surface area contributed by atoms with Crippen LogP contribution >= 0.6 is 0 Å². The topological polar surface area (TPSA) is 76.7 Å². The first-order valence-electron chi connectivity index (χ1n) is 10.4. The fourth-order valence-electron chi connectivity index (χ4n) is 5.04. The first kappa shape index (κ1) is 19.8. The summed E-state index contributed by atoms with van der Waals surface area (Å²) in [5, 5.41) is 3.42. The molecule has 2 heterocycles. The maximum atomic E-state index is 5.76. The molecule has 4 rings (SSSR count). The molecule has 2 saturated carbocycles. The summed E-state index contributed by atoms with van der Waals surface area (Å²) in [6.45, 7) is 8.20. The van der Waals surface area contributed by atoms with Gasteiger partial charge in [-0.05, 0) is 51.0 Å². The van der Waals surface area contributed by atoms with Gasteiger partial charge in [-0.1, -0.05) is 6.58 Å². The lowest BCUT2D eigenvalue weighted by atomic mass is 9.87. The van der Waals surface area contributed by atoms with Crippen molar-refractivity contribution in [3.63, 3.8) is 0 Å². The lowest BCUT2D eigenvalue weighted by Gasteiger charge is -2.24. The van der Waals surface area contributed by atoms with Crippen LogP contribution in [0.4, 0.5) is 5.82 Å². The van der Waals surface area contributed by atoms with Gasteiger partial charge in [0.25, 0.3) is 0 Å². The molecule has 0 saturated heterocycles. The third kappa shape index (κ3) is 3.59. The molecule has 29 heavy (non-hydrogen) atoms. The molecule has 154 valence electrons. The van der Waals surface area contributed by atoms with E-state index in [4.69, 9.17) is 9.73 Å². The number of amidine groups is 2. The third-order valence-corrected chi connectivity index (χ3v) is 6.38. The van der Waals surface area contributed by atoms with E-state index in [9.17, 15) is 0 Å². The Kier molecular flexibility index (Phi) is 5.50. The molecule has 7 nitrogen and oxygen atoms in total. The highest BCUT2D eigenvalue weighted by atomic mass is 16.5. The van der Waals surface area contributed by atoms with Crippen molar-refractivity contribution in [1.29, 1.82) is 0 Å². The zero-order chi connectivity index (χ0) is 20.5. The second-order valence-corrected chi connectivity index (χ2v) is 8.26. The van der Waals surface area contributed by atoms with E-state index in [1.54, 1.807) is 12.3 Å². The summed E-state index contributed by atoms with van der Waals surface area (Å²) in [5.74, 6) is 3.79. The summed E-state index contributed by atoms with van der Waals surface area (Å²) in [7, 11) is 3.66. The van der Waals surface area contributed by atoms with E-state index >= 15 is 0 Å². The van der Waals surface area contributed by atoms with E-state index in [0.29, 0.717) is 41.6 Å². The van der Waals surface area contributed by atoms with Crippen molar-refractivity contribution >= 4 is 28.5 Å². The molecule has 2 bridgehead atoms. The number of ether oxygens (including phenoxy) is 1. The average Bonchev–Trinajstić information content (AvgIpc) is 3.42. The number of nitrogens with zero attached hydrogens (tertiary/aromatic N) is 5. The van der Waals surface area contributed by atoms with Gasteiger partial charge in [0.1, 0.15) is 17.2 Å². The molecule has 4 unspecified atom stereocenters. The van der Waals surface area contributed by atoms with E-state index in [1.165, 1.54) is 12.8 Å². The van der Waals surface area contributed by atoms with Gasteiger partial charge in [0.2, 0.25) is 0 Å². The summed E-state index contributed by atoms with van der Waals surface area (Å²) in [6.07, 6.45) is 9.26. The number of methoxy groups -OCH3 is 1. The highest BCUT2D eigenvalue weighted by molar-refractivity contribution is 6.07. The van der Waals surface area contributed by atoms with Crippen LogP contribution in [0.15, 0.2) is 41.2 Å². The van der Waals surface area contributed by atoms with Gasteiger partial charge < -0.3 is 14.6 Å². The molecule has 0 amide bonds. The van der Waals surface area contributed by atoms with Crippen molar-refractivity contribution in [1.82, 2.24) is 19.9 Å². The van der Waals surface area contributed by atoms with E-state index in [1.807, 2.05) is 26.6 Å². The van der Waals surface area contributed by atoms with E-state index in [2.05, 4.69) is 45.3 Å². The smallest absolute Gasteiger partial charge is 0.156 e. The Morgan fingerprint density at radius 2 is 2.21 bits per heavy atom. The molecule has 2 aliphatic rings. The average molecular weight is 395 g/mol. The highest BCUT2D eigenvalue weighted by Crippen LogP contribution is 2.50. The maximum absolute atomic E-state index is 5.76. The van der Waals surface area contributed by atoms with Crippen LogP contribution in [-0.2, 0) is 4.74 Å². The van der Waals surface area contributed by atoms with Crippen LogP contribution in [0, 0.1) is 17.8 Å². The van der Waals surface area contributed by atoms with Crippen LogP contribution in [0.2, 0.25) is 0 Å². The molecular weight excluding hydrogens is 364 g/mol. The Hall–Kier alpha value is -2.54. The fourth-order valence-corrected chi connectivity index (χ4v) is 5.04. The summed E-state index contributed by atoms with van der Waals surface area (Å²) in [5.41, 5.74) is 1.90. The predicted octanol–water partition coefficient (Wildman–Crippen LogP) is 3.91. The van der Waals surface area contributed by atoms with E-state index in [-0.39, 0.29) is 0 Å². The third-order valence-electron chi connectivity index (χ3n) is 6.38. The number of rotatable bonds is 5. The Balaban J connectivity index is 1.57. The summed E-state index contributed by atoms with van der Waals surface area (Å²) in [6, 6.07) is 2.29. The molecule has 7 heteroatoms. The van der Waals surface area contributed by atoms with Gasteiger partial charge in [-0.15, -0.1) is 0 Å². The fraction of sp³-hybridized carbons (Fsp3) is 0.545. The van der Waals surface area contributed by atoms with Gasteiger partial charge >= 0.3 is 0 Å². The zero-order valence-electron chi connectivity index (χ0n) is 17.7. The van der Waals surface area contributed by atoms with Crippen molar-refractivity contribution in [2.24, 2.45) is 27.7 Å². The lowest BCUT2D eigenvalue weighted by molar-refractivity contribution is 0.0641. The van der Waals surface area contributed by atoms with Crippen LogP contribution in [0.25, 0.3) is 11.0 Å². The molecule has 2 fully saturated rings. The molecule has 0 spiro atoms. The Morgan fingerprint density at radius 3 is 2.86 bits per heavy atom. The molecule has 1 N–H and O–H groups in total. The summed E-state index contributed by atoms with van der Waals surface area (Å²) >= 11 is 0. The number of hydrogen-bond donors (Lipinski definition) is 1. The normalized spacial score (nSPS) is 27.2. The first-order valence-corrected chi connectivity index (χ1v) is 10.4. The van der Waals surface area contributed by atoms with Crippen molar-refractivity contribution in [3.8, 4) is 0 Å². The molecule has 0 radical (unpaired) electrons. The molecule has 4 atom stereocenters. The summed E-state index contributed by atoms with van der Waals surface area (Å²) in [4.78, 5) is 18.1. The largest absolute Gasteiger partial charge is 0.381 e. The maximum Gasteiger partial charge on any atom is 0.156 e. The molecule has 0 aromatic carbocycles.